The first kappa shape index (κ1) is 22.3. The van der Waals surface area contributed by atoms with Crippen LogP contribution in [-0.2, 0) is 15.0 Å². The van der Waals surface area contributed by atoms with E-state index in [1.165, 1.54) is 5.56 Å². The highest BCUT2D eigenvalue weighted by molar-refractivity contribution is 9.10. The molecule has 1 N–H and O–H groups in total. The quantitative estimate of drug-likeness (QED) is 0.345. The molecule has 0 aliphatic carbocycles. The minimum Gasteiger partial charge on any atom is -0.507 e. The van der Waals surface area contributed by atoms with Crippen LogP contribution in [0.2, 0.25) is 0 Å². The third kappa shape index (κ3) is 4.08. The second kappa shape index (κ2) is 8.38. The summed E-state index contributed by atoms with van der Waals surface area (Å²) < 4.78 is 0.916. The first-order chi connectivity index (χ1) is 14.1. The third-order valence-corrected chi connectivity index (χ3v) is 6.42. The summed E-state index contributed by atoms with van der Waals surface area (Å²) in [6.45, 7) is 10.8. The van der Waals surface area contributed by atoms with Gasteiger partial charge in [-0.05, 0) is 47.6 Å². The summed E-state index contributed by atoms with van der Waals surface area (Å²) >= 11 is 3.46. The lowest BCUT2D eigenvalue weighted by atomic mass is 9.85. The predicted octanol–water partition coefficient (Wildman–Crippen LogP) is 5.89. The van der Waals surface area contributed by atoms with Crippen molar-refractivity contribution in [3.63, 3.8) is 0 Å². The molecule has 1 heterocycles. The Kier molecular flexibility index (Phi) is 6.23. The van der Waals surface area contributed by atoms with E-state index in [1.807, 2.05) is 50.2 Å². The molecular weight excluding hydrogens is 442 g/mol. The van der Waals surface area contributed by atoms with Crippen LogP contribution in [0.4, 0.5) is 0 Å². The fourth-order valence-corrected chi connectivity index (χ4v) is 4.06. The summed E-state index contributed by atoms with van der Waals surface area (Å²) in [6, 6.07) is 12.8. The third-order valence-electron chi connectivity index (χ3n) is 5.53. The number of aliphatic hydroxyl groups excluding tert-OH is 1. The molecule has 0 saturated carbocycles. The zero-order chi connectivity index (χ0) is 22.2. The van der Waals surface area contributed by atoms with E-state index in [-0.39, 0.29) is 16.7 Å². The minimum atomic E-state index is -0.633. The van der Waals surface area contributed by atoms with Gasteiger partial charge in [0.15, 0.2) is 0 Å². The van der Waals surface area contributed by atoms with Crippen LogP contribution >= 0.6 is 15.9 Å². The molecule has 1 aliphatic rings. The fourth-order valence-electron chi connectivity index (χ4n) is 3.81. The van der Waals surface area contributed by atoms with E-state index < -0.39 is 17.7 Å². The molecule has 0 spiro atoms. The number of carbonyl (C=O) groups is 2. The summed E-state index contributed by atoms with van der Waals surface area (Å²) in [5.74, 6) is -1.32. The number of amides is 1. The van der Waals surface area contributed by atoms with E-state index in [4.69, 9.17) is 0 Å². The summed E-state index contributed by atoms with van der Waals surface area (Å²) in [5.41, 5.74) is 3.61. The maximum Gasteiger partial charge on any atom is 0.295 e. The van der Waals surface area contributed by atoms with Crippen LogP contribution in [0.25, 0.3) is 5.76 Å². The average molecular weight is 470 g/mol. The van der Waals surface area contributed by atoms with Gasteiger partial charge in [-0.1, -0.05) is 74.0 Å². The zero-order valence-corrected chi connectivity index (χ0v) is 19.7. The molecule has 1 amide bonds. The maximum atomic E-state index is 12.9. The highest BCUT2D eigenvalue weighted by Gasteiger charge is 2.45. The molecule has 4 nitrogen and oxygen atoms in total. The smallest absolute Gasteiger partial charge is 0.295 e. The number of carbonyl (C=O) groups excluding carboxylic acids is 2. The number of aryl methyl sites for hydroxylation is 1. The molecule has 1 atom stereocenters. The summed E-state index contributed by atoms with van der Waals surface area (Å²) in [7, 11) is 0. The molecule has 0 bridgehead atoms. The van der Waals surface area contributed by atoms with E-state index in [9.17, 15) is 14.7 Å². The molecule has 2 aromatic rings. The lowest BCUT2D eigenvalue weighted by Gasteiger charge is -2.26. The van der Waals surface area contributed by atoms with Gasteiger partial charge in [0.1, 0.15) is 5.76 Å². The molecule has 158 valence electrons. The van der Waals surface area contributed by atoms with Gasteiger partial charge in [-0.25, -0.2) is 0 Å². The lowest BCUT2D eigenvalue weighted by Crippen LogP contribution is -2.30. The maximum absolute atomic E-state index is 12.9. The molecular formula is C25H28BrNO3. The molecule has 1 unspecified atom stereocenters. The van der Waals surface area contributed by atoms with Crippen molar-refractivity contribution in [2.24, 2.45) is 0 Å². The molecule has 5 heteroatoms. The molecule has 1 aliphatic heterocycles. The van der Waals surface area contributed by atoms with Crippen molar-refractivity contribution in [1.82, 2.24) is 4.90 Å². The van der Waals surface area contributed by atoms with Crippen molar-refractivity contribution < 1.29 is 14.7 Å². The highest BCUT2D eigenvalue weighted by atomic mass is 79.9. The Morgan fingerprint density at radius 3 is 2.27 bits per heavy atom. The zero-order valence-electron chi connectivity index (χ0n) is 18.1. The van der Waals surface area contributed by atoms with Gasteiger partial charge >= 0.3 is 0 Å². The van der Waals surface area contributed by atoms with Crippen molar-refractivity contribution >= 4 is 33.4 Å². The van der Waals surface area contributed by atoms with E-state index in [1.54, 1.807) is 11.0 Å². The first-order valence-corrected chi connectivity index (χ1v) is 11.0. The van der Waals surface area contributed by atoms with Gasteiger partial charge in [0.25, 0.3) is 11.7 Å². The van der Waals surface area contributed by atoms with Gasteiger partial charge in [0.2, 0.25) is 0 Å². The minimum absolute atomic E-state index is 0.00128. The molecule has 2 aromatic carbocycles. The number of aliphatic hydroxyl groups is 1. The van der Waals surface area contributed by atoms with Gasteiger partial charge in [-0.2, -0.15) is 0 Å². The van der Waals surface area contributed by atoms with Crippen LogP contribution in [0.5, 0.6) is 0 Å². The number of hydrogen-bond donors (Lipinski definition) is 1. The normalized spacial score (nSPS) is 18.9. The summed E-state index contributed by atoms with van der Waals surface area (Å²) in [4.78, 5) is 27.3. The van der Waals surface area contributed by atoms with Crippen molar-refractivity contribution in [3.05, 3.63) is 74.8 Å². The Labute approximate surface area is 186 Å². The van der Waals surface area contributed by atoms with E-state index in [0.29, 0.717) is 12.1 Å². The summed E-state index contributed by atoms with van der Waals surface area (Å²) in [6.07, 6.45) is 0.723. The van der Waals surface area contributed by atoms with E-state index in [0.717, 1.165) is 22.0 Å². The van der Waals surface area contributed by atoms with Crippen LogP contribution in [0, 0.1) is 6.92 Å². The average Bonchev–Trinajstić information content (AvgIpc) is 2.94. The van der Waals surface area contributed by atoms with Crippen molar-refractivity contribution in [2.75, 3.05) is 6.54 Å². The monoisotopic (exact) mass is 469 g/mol. The number of ketones is 1. The van der Waals surface area contributed by atoms with Crippen molar-refractivity contribution in [2.45, 2.75) is 52.5 Å². The molecule has 0 aromatic heterocycles. The van der Waals surface area contributed by atoms with Gasteiger partial charge in [0.05, 0.1) is 11.6 Å². The Morgan fingerprint density at radius 1 is 1.10 bits per heavy atom. The first-order valence-electron chi connectivity index (χ1n) is 10.2. The number of benzene rings is 2. The van der Waals surface area contributed by atoms with E-state index >= 15 is 0 Å². The van der Waals surface area contributed by atoms with Gasteiger partial charge < -0.3 is 10.0 Å². The Balaban J connectivity index is 2.17. The second-order valence-corrected chi connectivity index (χ2v) is 9.68. The largest absolute Gasteiger partial charge is 0.507 e. The van der Waals surface area contributed by atoms with Gasteiger partial charge in [0, 0.05) is 16.6 Å². The van der Waals surface area contributed by atoms with Crippen molar-refractivity contribution in [1.29, 1.82) is 0 Å². The molecule has 1 fully saturated rings. The Morgan fingerprint density at radius 2 is 1.73 bits per heavy atom. The Hall–Kier alpha value is -2.40. The van der Waals surface area contributed by atoms with E-state index in [2.05, 4.69) is 36.7 Å². The summed E-state index contributed by atoms with van der Waals surface area (Å²) in [5, 5.41) is 11.1. The molecule has 0 radical (unpaired) electrons. The number of likely N-dealkylation sites (tertiary alicyclic amines) is 1. The molecule has 1 saturated heterocycles. The number of hydrogen-bond acceptors (Lipinski definition) is 3. The number of rotatable bonds is 4. The van der Waals surface area contributed by atoms with Gasteiger partial charge in [-0.3, -0.25) is 9.59 Å². The van der Waals surface area contributed by atoms with Crippen LogP contribution in [-0.4, -0.2) is 28.2 Å². The second-order valence-electron chi connectivity index (χ2n) is 8.83. The highest BCUT2D eigenvalue weighted by Crippen LogP contribution is 2.40. The van der Waals surface area contributed by atoms with Crippen molar-refractivity contribution in [3.8, 4) is 0 Å². The molecule has 3 rings (SSSR count). The molecule has 30 heavy (non-hydrogen) atoms. The standard InChI is InChI=1S/C25H28BrNO3/c1-6-13-27-21(16-7-10-18(11-8-16)25(3,4)5)20(23(29)24(27)30)22(28)17-9-12-19(26)15(2)14-17/h7-12,14,21,28H,6,13H2,1-5H3/b22-20-. The number of nitrogens with zero attached hydrogens (tertiary/aromatic N) is 1. The van der Waals surface area contributed by atoms with Gasteiger partial charge in [-0.15, -0.1) is 0 Å². The Bertz CT molecular complexity index is 1020. The SMILES string of the molecule is CCCN1C(=O)C(=O)/C(=C(\O)c2ccc(Br)c(C)c2)C1c1ccc(C(C)(C)C)cc1. The lowest BCUT2D eigenvalue weighted by molar-refractivity contribution is -0.139. The fraction of sp³-hybridized carbons (Fsp3) is 0.360. The predicted molar refractivity (Wildman–Crippen MR) is 123 cm³/mol. The van der Waals surface area contributed by atoms with Crippen LogP contribution in [0.15, 0.2) is 52.5 Å². The van der Waals surface area contributed by atoms with Crippen LogP contribution in [0.3, 0.4) is 0 Å². The van der Waals surface area contributed by atoms with Crippen LogP contribution < -0.4 is 0 Å². The van der Waals surface area contributed by atoms with Crippen LogP contribution in [0.1, 0.15) is 62.4 Å². The topological polar surface area (TPSA) is 57.6 Å². The number of Topliss-reactive ketones (excluding diaryl/α,β-unsaturated/α-hetero) is 1. The number of halogens is 1.